The first-order valence-electron chi connectivity index (χ1n) is 11.7. The minimum atomic E-state index is -2.64. The number of Topliss-reactive ketones (excluding diaryl/α,β-unsaturated/α-hetero) is 4. The zero-order valence-electron chi connectivity index (χ0n) is 19.5. The molecule has 1 aromatic heterocycles. The van der Waals surface area contributed by atoms with Gasteiger partial charge in [-0.05, 0) is 69.9 Å². The molecule has 4 N–H and O–H groups in total. The standard InChI is InChI=1S/C26H24BrNO7S/c1-9(2)12-8-14(16-3-4-17(27)36-16)21(30)19-13(12)6-10-5-11-7-15(29)20(25(28)34)24(33)26(11,35)23(32)18(10)22(19)31/h3-4,8-11,18,20,30,35H,5-7H2,1-2H3,(H2,28,34)/t10-,11+,18?,20?,26+/m1/s1. The molecule has 10 heteroatoms. The molecule has 2 unspecified atom stereocenters. The van der Waals surface area contributed by atoms with Crippen LogP contribution in [0.4, 0.5) is 0 Å². The molecule has 1 heterocycles. The van der Waals surface area contributed by atoms with E-state index in [9.17, 15) is 34.2 Å². The number of fused-ring (bicyclic) bond motifs is 3. The molecule has 188 valence electrons. The van der Waals surface area contributed by atoms with Gasteiger partial charge in [0.25, 0.3) is 0 Å². The highest BCUT2D eigenvalue weighted by Crippen LogP contribution is 2.52. The summed E-state index contributed by atoms with van der Waals surface area (Å²) in [4.78, 5) is 65.6. The third-order valence-corrected chi connectivity index (χ3v) is 9.55. The lowest BCUT2D eigenvalue weighted by Gasteiger charge is -2.48. The van der Waals surface area contributed by atoms with E-state index in [0.29, 0.717) is 11.1 Å². The number of aromatic hydroxyl groups is 1. The van der Waals surface area contributed by atoms with Crippen LogP contribution in [0.15, 0.2) is 22.0 Å². The first-order chi connectivity index (χ1) is 16.9. The lowest BCUT2D eigenvalue weighted by atomic mass is 9.53. The van der Waals surface area contributed by atoms with E-state index in [0.717, 1.165) is 14.2 Å². The average Bonchev–Trinajstić information content (AvgIpc) is 3.21. The van der Waals surface area contributed by atoms with E-state index in [1.807, 2.05) is 32.0 Å². The lowest BCUT2D eigenvalue weighted by molar-refractivity contribution is -0.175. The normalized spacial score (nSPS) is 29.7. The number of primary amides is 1. The third-order valence-electron chi connectivity index (χ3n) is 7.90. The number of hydrogen-bond donors (Lipinski definition) is 3. The number of halogens is 1. The molecule has 1 amide bonds. The van der Waals surface area contributed by atoms with Crippen molar-refractivity contribution in [2.75, 3.05) is 0 Å². The summed E-state index contributed by atoms with van der Waals surface area (Å²) >= 11 is 4.80. The van der Waals surface area contributed by atoms with Crippen molar-refractivity contribution in [2.24, 2.45) is 29.4 Å². The van der Waals surface area contributed by atoms with Crippen molar-refractivity contribution in [1.29, 1.82) is 0 Å². The fourth-order valence-corrected chi connectivity index (χ4v) is 7.63. The minimum absolute atomic E-state index is 0.0104. The van der Waals surface area contributed by atoms with Crippen LogP contribution in [-0.2, 0) is 25.6 Å². The average molecular weight is 574 g/mol. The van der Waals surface area contributed by atoms with Crippen LogP contribution in [0.25, 0.3) is 10.4 Å². The van der Waals surface area contributed by atoms with Gasteiger partial charge in [-0.25, -0.2) is 0 Å². The second-order valence-corrected chi connectivity index (χ2v) is 12.7. The fraction of sp³-hybridized carbons (Fsp3) is 0.423. The molecule has 2 aromatic rings. The lowest BCUT2D eigenvalue weighted by Crippen LogP contribution is -2.68. The van der Waals surface area contributed by atoms with Crippen molar-refractivity contribution in [1.82, 2.24) is 0 Å². The Morgan fingerprint density at radius 1 is 1.17 bits per heavy atom. The number of phenolic OH excluding ortho intramolecular Hbond substituents is 1. The molecule has 0 bridgehead atoms. The molecule has 2 saturated carbocycles. The van der Waals surface area contributed by atoms with Crippen LogP contribution in [0.3, 0.4) is 0 Å². The molecule has 0 radical (unpaired) electrons. The molecule has 3 aliphatic rings. The van der Waals surface area contributed by atoms with Gasteiger partial charge < -0.3 is 15.9 Å². The van der Waals surface area contributed by atoms with Gasteiger partial charge in [0.1, 0.15) is 5.75 Å². The van der Waals surface area contributed by atoms with Crippen LogP contribution in [0, 0.1) is 23.7 Å². The highest BCUT2D eigenvalue weighted by atomic mass is 79.9. The van der Waals surface area contributed by atoms with Crippen LogP contribution in [0.5, 0.6) is 5.75 Å². The summed E-state index contributed by atoms with van der Waals surface area (Å²) in [5.74, 6) is -9.96. The van der Waals surface area contributed by atoms with E-state index in [2.05, 4.69) is 15.9 Å². The van der Waals surface area contributed by atoms with Crippen molar-refractivity contribution in [3.8, 4) is 16.2 Å². The monoisotopic (exact) mass is 573 g/mol. The number of thiophene rings is 1. The Hall–Kier alpha value is -2.69. The maximum atomic E-state index is 13.9. The summed E-state index contributed by atoms with van der Waals surface area (Å²) in [5.41, 5.74) is 4.60. The first-order valence-corrected chi connectivity index (χ1v) is 13.3. The Morgan fingerprint density at radius 3 is 2.44 bits per heavy atom. The third kappa shape index (κ3) is 3.38. The molecule has 5 atom stereocenters. The molecule has 36 heavy (non-hydrogen) atoms. The number of aliphatic hydroxyl groups is 1. The quantitative estimate of drug-likeness (QED) is 0.477. The summed E-state index contributed by atoms with van der Waals surface area (Å²) in [6.45, 7) is 3.95. The van der Waals surface area contributed by atoms with Gasteiger partial charge in [-0.15, -0.1) is 11.3 Å². The van der Waals surface area contributed by atoms with Crippen molar-refractivity contribution >= 4 is 56.3 Å². The van der Waals surface area contributed by atoms with Crippen LogP contribution >= 0.6 is 27.3 Å². The molecule has 8 nitrogen and oxygen atoms in total. The highest BCUT2D eigenvalue weighted by molar-refractivity contribution is 9.11. The summed E-state index contributed by atoms with van der Waals surface area (Å²) < 4.78 is 0.845. The number of carbonyl (C=O) groups excluding carboxylic acids is 5. The maximum absolute atomic E-state index is 13.9. The molecular weight excluding hydrogens is 550 g/mol. The van der Waals surface area contributed by atoms with Gasteiger partial charge in [0.2, 0.25) is 5.91 Å². The van der Waals surface area contributed by atoms with Gasteiger partial charge in [0.15, 0.2) is 34.7 Å². The van der Waals surface area contributed by atoms with E-state index in [1.165, 1.54) is 11.3 Å². The SMILES string of the molecule is CC(C)c1cc(-c2ccc(Br)s2)c(O)c2c1C[C@H]1C[C@H]3CC(=O)C(C(N)=O)C(=O)[C@@]3(O)C(=O)C1C2=O. The van der Waals surface area contributed by atoms with Crippen LogP contribution in [0.2, 0.25) is 0 Å². The Kier molecular flexibility index (Phi) is 5.85. The van der Waals surface area contributed by atoms with Crippen molar-refractivity contribution in [3.05, 3.63) is 38.7 Å². The van der Waals surface area contributed by atoms with Crippen molar-refractivity contribution < 1.29 is 34.2 Å². The molecule has 0 saturated heterocycles. The molecule has 5 rings (SSSR count). The van der Waals surface area contributed by atoms with Gasteiger partial charge in [-0.1, -0.05) is 13.8 Å². The Balaban J connectivity index is 1.66. The van der Waals surface area contributed by atoms with Gasteiger partial charge in [0, 0.05) is 22.8 Å². The van der Waals surface area contributed by atoms with Crippen molar-refractivity contribution in [2.45, 2.75) is 44.6 Å². The van der Waals surface area contributed by atoms with E-state index in [4.69, 9.17) is 5.73 Å². The Bertz CT molecular complexity index is 1380. The zero-order valence-corrected chi connectivity index (χ0v) is 21.9. The number of phenols is 1. The highest BCUT2D eigenvalue weighted by Gasteiger charge is 2.66. The maximum Gasteiger partial charge on any atom is 0.235 e. The Labute approximate surface area is 219 Å². The summed E-state index contributed by atoms with van der Waals surface area (Å²) in [7, 11) is 0. The van der Waals surface area contributed by atoms with Gasteiger partial charge in [-0.3, -0.25) is 24.0 Å². The molecule has 1 aromatic carbocycles. The second-order valence-electron chi connectivity index (χ2n) is 10.2. The predicted octanol–water partition coefficient (Wildman–Crippen LogP) is 2.94. The second kappa shape index (κ2) is 8.43. The van der Waals surface area contributed by atoms with E-state index in [-0.39, 0.29) is 36.5 Å². The number of benzene rings is 1. The largest absolute Gasteiger partial charge is 0.506 e. The number of nitrogens with two attached hydrogens (primary N) is 1. The molecule has 3 aliphatic carbocycles. The fourth-order valence-electron chi connectivity index (χ4n) is 6.23. The van der Waals surface area contributed by atoms with E-state index in [1.54, 1.807) is 0 Å². The van der Waals surface area contributed by atoms with Crippen LogP contribution < -0.4 is 5.73 Å². The van der Waals surface area contributed by atoms with Crippen LogP contribution in [0.1, 0.15) is 54.1 Å². The number of amides is 1. The number of hydrogen-bond acceptors (Lipinski definition) is 8. The predicted molar refractivity (Wildman–Crippen MR) is 134 cm³/mol. The van der Waals surface area contributed by atoms with E-state index < -0.39 is 58.3 Å². The smallest absolute Gasteiger partial charge is 0.235 e. The Morgan fingerprint density at radius 2 is 1.86 bits per heavy atom. The van der Waals surface area contributed by atoms with Gasteiger partial charge in [-0.2, -0.15) is 0 Å². The zero-order chi connectivity index (χ0) is 26.3. The number of rotatable bonds is 3. The number of carbonyl (C=O) groups is 5. The molecular formula is C26H24BrNO7S. The van der Waals surface area contributed by atoms with Gasteiger partial charge >= 0.3 is 0 Å². The minimum Gasteiger partial charge on any atom is -0.506 e. The molecule has 0 aliphatic heterocycles. The summed E-state index contributed by atoms with van der Waals surface area (Å²) in [5, 5.41) is 22.6. The first kappa shape index (κ1) is 25.0. The molecule has 0 spiro atoms. The topological polar surface area (TPSA) is 152 Å². The molecule has 2 fully saturated rings. The summed E-state index contributed by atoms with van der Waals surface area (Å²) in [6, 6.07) is 5.52. The van der Waals surface area contributed by atoms with Crippen molar-refractivity contribution in [3.63, 3.8) is 0 Å². The summed E-state index contributed by atoms with van der Waals surface area (Å²) in [6.07, 6.45) is 0.0144. The van der Waals surface area contributed by atoms with Crippen LogP contribution in [-0.4, -0.2) is 44.9 Å². The number of ketones is 4. The van der Waals surface area contributed by atoms with E-state index >= 15 is 0 Å². The van der Waals surface area contributed by atoms with Gasteiger partial charge in [0.05, 0.1) is 15.3 Å².